The van der Waals surface area contributed by atoms with Gasteiger partial charge in [0, 0.05) is 34.9 Å². The molecule has 2 heterocycles. The van der Waals surface area contributed by atoms with E-state index in [1.54, 1.807) is 18.4 Å². The fourth-order valence-electron chi connectivity index (χ4n) is 2.76. The molecule has 0 saturated heterocycles. The van der Waals surface area contributed by atoms with Crippen molar-refractivity contribution in [3.05, 3.63) is 50.9 Å². The lowest BCUT2D eigenvalue weighted by Crippen LogP contribution is -2.37. The molecule has 0 aliphatic heterocycles. The minimum Gasteiger partial charge on any atom is -0.356 e. The number of aromatic nitrogens is 2. The number of aliphatic imine (C=N–C) groups is 1. The Morgan fingerprint density at radius 3 is 2.85 bits per heavy atom. The van der Waals surface area contributed by atoms with Crippen LogP contribution in [0.1, 0.15) is 17.1 Å². The molecule has 140 valence electrons. The number of aryl methyl sites for hydroxylation is 2. The van der Waals surface area contributed by atoms with Gasteiger partial charge in [0.1, 0.15) is 5.82 Å². The minimum atomic E-state index is 0. The molecule has 0 aliphatic rings. The zero-order valence-electron chi connectivity index (χ0n) is 14.8. The fraction of sp³-hybridized carbons (Fsp3) is 0.333. The predicted molar refractivity (Wildman–Crippen MR) is 125 cm³/mol. The average Bonchev–Trinajstić information content (AvgIpc) is 3.17. The molecular formula is C18H23BrIN5S. The lowest BCUT2D eigenvalue weighted by atomic mass is 10.3. The summed E-state index contributed by atoms with van der Waals surface area (Å²) in [6.07, 6.45) is 1.01. The quantitative estimate of drug-likeness (QED) is 0.206. The summed E-state index contributed by atoms with van der Waals surface area (Å²) in [5, 5.41) is 8.81. The van der Waals surface area contributed by atoms with E-state index >= 15 is 0 Å². The highest BCUT2D eigenvalue weighted by molar-refractivity contribution is 14.0. The molecule has 0 saturated carbocycles. The van der Waals surface area contributed by atoms with Crippen molar-refractivity contribution in [3.63, 3.8) is 0 Å². The van der Waals surface area contributed by atoms with Crippen LogP contribution in [0.15, 0.2) is 45.2 Å². The van der Waals surface area contributed by atoms with Gasteiger partial charge in [-0.1, -0.05) is 12.1 Å². The highest BCUT2D eigenvalue weighted by Gasteiger charge is 2.06. The number of hydrogen-bond acceptors (Lipinski definition) is 3. The molecule has 26 heavy (non-hydrogen) atoms. The van der Waals surface area contributed by atoms with Gasteiger partial charge in [-0.3, -0.25) is 4.99 Å². The van der Waals surface area contributed by atoms with Crippen molar-refractivity contribution < 1.29 is 0 Å². The first-order chi connectivity index (χ1) is 12.2. The Bertz CT molecular complexity index is 873. The molecule has 3 rings (SSSR count). The van der Waals surface area contributed by atoms with Gasteiger partial charge in [0.15, 0.2) is 5.96 Å². The summed E-state index contributed by atoms with van der Waals surface area (Å²) in [4.78, 5) is 10.2. The van der Waals surface area contributed by atoms with E-state index in [1.165, 1.54) is 10.4 Å². The van der Waals surface area contributed by atoms with Crippen LogP contribution in [-0.4, -0.2) is 29.1 Å². The van der Waals surface area contributed by atoms with Crippen LogP contribution in [0.5, 0.6) is 0 Å². The van der Waals surface area contributed by atoms with Crippen molar-refractivity contribution in [1.29, 1.82) is 0 Å². The topological polar surface area (TPSA) is 54.2 Å². The number of rotatable bonds is 6. The highest BCUT2D eigenvalue weighted by atomic mass is 127. The van der Waals surface area contributed by atoms with Crippen molar-refractivity contribution >= 4 is 68.2 Å². The first-order valence-electron chi connectivity index (χ1n) is 8.26. The molecule has 0 aliphatic carbocycles. The first-order valence-corrected chi connectivity index (χ1v) is 9.94. The number of hydrogen-bond donors (Lipinski definition) is 2. The van der Waals surface area contributed by atoms with Crippen LogP contribution in [0.25, 0.3) is 11.0 Å². The second kappa shape index (κ2) is 10.3. The molecule has 5 nitrogen and oxygen atoms in total. The van der Waals surface area contributed by atoms with E-state index in [1.807, 2.05) is 6.07 Å². The van der Waals surface area contributed by atoms with Gasteiger partial charge in [-0.15, -0.1) is 35.3 Å². The van der Waals surface area contributed by atoms with Gasteiger partial charge in [-0.2, -0.15) is 0 Å². The molecule has 0 amide bonds. The van der Waals surface area contributed by atoms with Crippen molar-refractivity contribution in [3.8, 4) is 0 Å². The van der Waals surface area contributed by atoms with Crippen LogP contribution < -0.4 is 10.6 Å². The standard InChI is InChI=1S/C18H22BrN5S.HI/c1-13-23-16-6-3-4-7-17(16)24(13)9-5-8-21-18(20-2)22-11-15-10-14(19)12-25-15;/h3-4,6-7,10,12H,5,8-9,11H2,1-2H3,(H2,20,21,22);1H. The van der Waals surface area contributed by atoms with E-state index in [0.29, 0.717) is 0 Å². The third-order valence-electron chi connectivity index (χ3n) is 3.97. The Morgan fingerprint density at radius 2 is 2.12 bits per heavy atom. The van der Waals surface area contributed by atoms with Crippen LogP contribution in [0.4, 0.5) is 0 Å². The van der Waals surface area contributed by atoms with Crippen LogP contribution in [0.2, 0.25) is 0 Å². The zero-order valence-corrected chi connectivity index (χ0v) is 19.6. The first kappa shape index (κ1) is 21.2. The van der Waals surface area contributed by atoms with E-state index in [2.05, 4.69) is 77.7 Å². The lowest BCUT2D eigenvalue weighted by molar-refractivity contribution is 0.624. The normalized spacial score (nSPS) is 11.4. The maximum atomic E-state index is 4.61. The maximum Gasteiger partial charge on any atom is 0.191 e. The van der Waals surface area contributed by atoms with E-state index in [9.17, 15) is 0 Å². The predicted octanol–water partition coefficient (Wildman–Crippen LogP) is 4.54. The molecule has 2 N–H and O–H groups in total. The van der Waals surface area contributed by atoms with Gasteiger partial charge in [-0.05, 0) is 47.5 Å². The lowest BCUT2D eigenvalue weighted by Gasteiger charge is -2.12. The average molecular weight is 548 g/mol. The number of benzene rings is 1. The largest absolute Gasteiger partial charge is 0.356 e. The Hall–Kier alpha value is -1.13. The molecule has 1 aromatic carbocycles. The SMILES string of the molecule is CN=C(NCCCn1c(C)nc2ccccc21)NCc1cc(Br)cs1.I. The summed E-state index contributed by atoms with van der Waals surface area (Å²) >= 11 is 5.21. The Labute approximate surface area is 183 Å². The monoisotopic (exact) mass is 547 g/mol. The number of nitrogens with one attached hydrogen (secondary N) is 2. The van der Waals surface area contributed by atoms with Crippen LogP contribution in [0, 0.1) is 6.92 Å². The molecule has 0 atom stereocenters. The number of imidazole rings is 1. The molecule has 0 bridgehead atoms. The second-order valence-corrected chi connectivity index (χ2v) is 7.65. The van der Waals surface area contributed by atoms with Gasteiger partial charge >= 0.3 is 0 Å². The number of guanidine groups is 1. The molecule has 0 unspecified atom stereocenters. The van der Waals surface area contributed by atoms with E-state index < -0.39 is 0 Å². The summed E-state index contributed by atoms with van der Waals surface area (Å²) in [5.74, 6) is 1.89. The third kappa shape index (κ3) is 5.43. The third-order valence-corrected chi connectivity index (χ3v) is 5.67. The molecule has 0 radical (unpaired) electrons. The van der Waals surface area contributed by atoms with E-state index in [0.717, 1.165) is 47.8 Å². The summed E-state index contributed by atoms with van der Waals surface area (Å²) < 4.78 is 3.40. The van der Waals surface area contributed by atoms with E-state index in [4.69, 9.17) is 0 Å². The Kier molecular flexibility index (Phi) is 8.36. The van der Waals surface area contributed by atoms with Gasteiger partial charge < -0.3 is 15.2 Å². The van der Waals surface area contributed by atoms with E-state index in [-0.39, 0.29) is 24.0 Å². The summed E-state index contributed by atoms with van der Waals surface area (Å²) in [5.41, 5.74) is 2.26. The highest BCUT2D eigenvalue weighted by Crippen LogP contribution is 2.19. The number of para-hydroxylation sites is 2. The summed E-state index contributed by atoms with van der Waals surface area (Å²) in [6, 6.07) is 10.4. The number of halogens is 2. The van der Waals surface area contributed by atoms with Crippen molar-refractivity contribution in [2.24, 2.45) is 4.99 Å². The molecule has 2 aromatic heterocycles. The van der Waals surface area contributed by atoms with Crippen LogP contribution in [0.3, 0.4) is 0 Å². The summed E-state index contributed by atoms with van der Waals surface area (Å²) in [6.45, 7) is 4.64. The molecule has 8 heteroatoms. The Morgan fingerprint density at radius 1 is 1.31 bits per heavy atom. The van der Waals surface area contributed by atoms with Gasteiger partial charge in [0.2, 0.25) is 0 Å². The number of nitrogens with zero attached hydrogens (tertiary/aromatic N) is 3. The Balaban J connectivity index is 0.00000243. The maximum absolute atomic E-state index is 4.61. The minimum absolute atomic E-state index is 0. The fourth-order valence-corrected chi connectivity index (χ4v) is 4.15. The van der Waals surface area contributed by atoms with Crippen molar-refractivity contribution in [2.45, 2.75) is 26.4 Å². The summed E-state index contributed by atoms with van der Waals surface area (Å²) in [7, 11) is 1.80. The van der Waals surface area contributed by atoms with Gasteiger partial charge in [0.05, 0.1) is 17.6 Å². The molecule has 0 fully saturated rings. The molecular weight excluding hydrogens is 525 g/mol. The van der Waals surface area contributed by atoms with Crippen LogP contribution in [-0.2, 0) is 13.1 Å². The van der Waals surface area contributed by atoms with Crippen LogP contribution >= 0.6 is 51.2 Å². The second-order valence-electron chi connectivity index (χ2n) is 5.74. The van der Waals surface area contributed by atoms with Crippen molar-refractivity contribution in [2.75, 3.05) is 13.6 Å². The number of thiophene rings is 1. The zero-order chi connectivity index (χ0) is 17.6. The van der Waals surface area contributed by atoms with Crippen molar-refractivity contribution in [1.82, 2.24) is 20.2 Å². The smallest absolute Gasteiger partial charge is 0.191 e. The molecule has 3 aromatic rings. The number of fused-ring (bicyclic) bond motifs is 1. The molecule has 0 spiro atoms. The van der Waals surface area contributed by atoms with Gasteiger partial charge in [-0.25, -0.2) is 4.98 Å². The van der Waals surface area contributed by atoms with Gasteiger partial charge in [0.25, 0.3) is 0 Å².